The molecule has 12 heavy (non-hydrogen) atoms. The van der Waals surface area contributed by atoms with Gasteiger partial charge in [0.15, 0.2) is 0 Å². The van der Waals surface area contributed by atoms with E-state index >= 15 is 0 Å². The molecule has 1 aromatic rings. The summed E-state index contributed by atoms with van der Waals surface area (Å²) in [6.07, 6.45) is 0.979. The minimum absolute atomic E-state index is 0.865. The summed E-state index contributed by atoms with van der Waals surface area (Å²) in [4.78, 5) is 2.09. The van der Waals surface area contributed by atoms with Gasteiger partial charge in [-0.15, -0.1) is 0 Å². The molecular weight excluding hydrogens is 170 g/mol. The molecule has 0 saturated heterocycles. The first-order chi connectivity index (χ1) is 5.66. The minimum Gasteiger partial charge on any atom is -0.377 e. The molecule has 0 aromatic heterocycles. The minimum atomic E-state index is 0.865. The Balaban J connectivity index is 3.18. The van der Waals surface area contributed by atoms with E-state index in [0.29, 0.717) is 0 Å². The van der Waals surface area contributed by atoms with Gasteiger partial charge in [0.05, 0.1) is 0 Å². The van der Waals surface area contributed by atoms with Crippen LogP contribution in [0, 0.1) is 0 Å². The number of anilines is 1. The van der Waals surface area contributed by atoms with Crippen molar-refractivity contribution in [2.24, 2.45) is 0 Å². The molecule has 0 N–H and O–H groups in total. The van der Waals surface area contributed by atoms with E-state index in [1.54, 1.807) is 0 Å². The van der Waals surface area contributed by atoms with Gasteiger partial charge < -0.3 is 4.90 Å². The van der Waals surface area contributed by atoms with Crippen molar-refractivity contribution in [3.63, 3.8) is 0 Å². The maximum Gasteiger partial charge on any atom is 0.0458 e. The Morgan fingerprint density at radius 1 is 1.33 bits per heavy atom. The lowest BCUT2D eigenvalue weighted by Crippen LogP contribution is -2.11. The monoisotopic (exact) mass is 183 g/mol. The van der Waals surface area contributed by atoms with Crippen LogP contribution in [0.5, 0.6) is 0 Å². The second-order valence-corrected chi connectivity index (χ2v) is 3.39. The van der Waals surface area contributed by atoms with Gasteiger partial charge in [-0.2, -0.15) is 0 Å². The quantitative estimate of drug-likeness (QED) is 0.682. The fraction of sp³-hybridized carbons (Fsp3) is 0.400. The van der Waals surface area contributed by atoms with Crippen molar-refractivity contribution in [2.75, 3.05) is 19.0 Å². The topological polar surface area (TPSA) is 3.24 Å². The number of rotatable bonds is 2. The summed E-state index contributed by atoms with van der Waals surface area (Å²) < 4.78 is 0. The summed E-state index contributed by atoms with van der Waals surface area (Å²) in [6.45, 7) is 2.12. The highest BCUT2D eigenvalue weighted by atomic mass is 35.5. The molecule has 0 bridgehead atoms. The van der Waals surface area contributed by atoms with Gasteiger partial charge in [0.25, 0.3) is 0 Å². The van der Waals surface area contributed by atoms with Crippen LogP contribution < -0.4 is 4.90 Å². The van der Waals surface area contributed by atoms with Crippen LogP contribution in [-0.4, -0.2) is 14.1 Å². The highest BCUT2D eigenvalue weighted by molar-refractivity contribution is 6.31. The van der Waals surface area contributed by atoms with Crippen LogP contribution in [0.25, 0.3) is 0 Å². The van der Waals surface area contributed by atoms with Gasteiger partial charge in [0.1, 0.15) is 0 Å². The van der Waals surface area contributed by atoms with Crippen LogP contribution in [0.15, 0.2) is 18.2 Å². The maximum absolute atomic E-state index is 6.05. The molecule has 0 unspecified atom stereocenters. The molecule has 66 valence electrons. The van der Waals surface area contributed by atoms with Crippen molar-refractivity contribution in [3.05, 3.63) is 28.8 Å². The number of hydrogen-bond acceptors (Lipinski definition) is 1. The van der Waals surface area contributed by atoms with Crippen LogP contribution >= 0.6 is 11.6 Å². The molecule has 1 rings (SSSR count). The Hall–Kier alpha value is -0.690. The van der Waals surface area contributed by atoms with Crippen LogP contribution in [0.3, 0.4) is 0 Å². The lowest BCUT2D eigenvalue weighted by molar-refractivity contribution is 1.06. The average Bonchev–Trinajstić information content (AvgIpc) is 2.03. The average molecular weight is 184 g/mol. The number of hydrogen-bond donors (Lipinski definition) is 0. The Labute approximate surface area is 79.0 Å². The maximum atomic E-state index is 6.05. The molecule has 0 atom stereocenters. The Bertz CT molecular complexity index is 269. The Kier molecular flexibility index (Phi) is 2.99. The van der Waals surface area contributed by atoms with E-state index in [9.17, 15) is 0 Å². The molecule has 0 aliphatic rings. The molecular formula is C10H14ClN. The summed E-state index contributed by atoms with van der Waals surface area (Å²) in [5.74, 6) is 0. The molecule has 0 amide bonds. The van der Waals surface area contributed by atoms with Gasteiger partial charge in [-0.25, -0.2) is 0 Å². The standard InChI is InChI=1S/C10H14ClN/c1-4-8-9(11)6-5-7-10(8)12(2)3/h5-7H,4H2,1-3H3. The summed E-state index contributed by atoms with van der Waals surface area (Å²) in [6, 6.07) is 6.01. The second-order valence-electron chi connectivity index (χ2n) is 2.99. The summed E-state index contributed by atoms with van der Waals surface area (Å²) in [5, 5.41) is 0.865. The van der Waals surface area contributed by atoms with Gasteiger partial charge in [0, 0.05) is 24.8 Å². The number of halogens is 1. The molecule has 0 aliphatic carbocycles. The largest absolute Gasteiger partial charge is 0.377 e. The molecule has 0 spiro atoms. The van der Waals surface area contributed by atoms with Crippen molar-refractivity contribution in [1.82, 2.24) is 0 Å². The van der Waals surface area contributed by atoms with Crippen molar-refractivity contribution in [1.29, 1.82) is 0 Å². The first-order valence-electron chi connectivity index (χ1n) is 4.11. The Morgan fingerprint density at radius 3 is 2.42 bits per heavy atom. The van der Waals surface area contributed by atoms with Gasteiger partial charge >= 0.3 is 0 Å². The molecule has 0 heterocycles. The zero-order valence-corrected chi connectivity index (χ0v) is 8.52. The summed E-state index contributed by atoms with van der Waals surface area (Å²) in [5.41, 5.74) is 2.44. The van der Waals surface area contributed by atoms with E-state index < -0.39 is 0 Å². The second kappa shape index (κ2) is 3.81. The molecule has 0 aliphatic heterocycles. The van der Waals surface area contributed by atoms with E-state index in [1.165, 1.54) is 11.3 Å². The lowest BCUT2D eigenvalue weighted by atomic mass is 10.1. The van der Waals surface area contributed by atoms with Crippen molar-refractivity contribution in [3.8, 4) is 0 Å². The van der Waals surface area contributed by atoms with E-state index in [2.05, 4.69) is 17.9 Å². The van der Waals surface area contributed by atoms with Crippen LogP contribution in [0.1, 0.15) is 12.5 Å². The normalized spacial score (nSPS) is 10.0. The van der Waals surface area contributed by atoms with Crippen LogP contribution in [-0.2, 0) is 6.42 Å². The predicted molar refractivity (Wildman–Crippen MR) is 55.2 cm³/mol. The predicted octanol–water partition coefficient (Wildman–Crippen LogP) is 2.97. The number of benzene rings is 1. The fourth-order valence-corrected chi connectivity index (χ4v) is 1.62. The lowest BCUT2D eigenvalue weighted by Gasteiger charge is -2.17. The zero-order chi connectivity index (χ0) is 9.14. The van der Waals surface area contributed by atoms with E-state index in [-0.39, 0.29) is 0 Å². The Morgan fingerprint density at radius 2 is 2.00 bits per heavy atom. The first kappa shape index (κ1) is 9.40. The van der Waals surface area contributed by atoms with Crippen LogP contribution in [0.2, 0.25) is 5.02 Å². The van der Waals surface area contributed by atoms with E-state index in [0.717, 1.165) is 11.4 Å². The van der Waals surface area contributed by atoms with Gasteiger partial charge in [-0.3, -0.25) is 0 Å². The summed E-state index contributed by atoms with van der Waals surface area (Å²) >= 11 is 6.05. The zero-order valence-electron chi connectivity index (χ0n) is 7.76. The smallest absolute Gasteiger partial charge is 0.0458 e. The first-order valence-corrected chi connectivity index (χ1v) is 4.49. The molecule has 0 fully saturated rings. The SMILES string of the molecule is CCc1c(Cl)cccc1N(C)C. The fourth-order valence-electron chi connectivity index (χ4n) is 1.32. The third kappa shape index (κ3) is 1.72. The van der Waals surface area contributed by atoms with E-state index in [1.807, 2.05) is 26.2 Å². The van der Waals surface area contributed by atoms with Gasteiger partial charge in [-0.1, -0.05) is 24.6 Å². The van der Waals surface area contributed by atoms with E-state index in [4.69, 9.17) is 11.6 Å². The third-order valence-electron chi connectivity index (χ3n) is 1.93. The summed E-state index contributed by atoms with van der Waals surface area (Å²) in [7, 11) is 4.07. The molecule has 0 radical (unpaired) electrons. The highest BCUT2D eigenvalue weighted by Gasteiger charge is 2.05. The molecule has 1 aromatic carbocycles. The van der Waals surface area contributed by atoms with Crippen molar-refractivity contribution >= 4 is 17.3 Å². The molecule has 1 nitrogen and oxygen atoms in total. The molecule has 2 heteroatoms. The highest BCUT2D eigenvalue weighted by Crippen LogP contribution is 2.26. The van der Waals surface area contributed by atoms with Gasteiger partial charge in [0.2, 0.25) is 0 Å². The molecule has 0 saturated carbocycles. The van der Waals surface area contributed by atoms with Crippen LogP contribution in [0.4, 0.5) is 5.69 Å². The van der Waals surface area contributed by atoms with Crippen molar-refractivity contribution < 1.29 is 0 Å². The number of nitrogens with zero attached hydrogens (tertiary/aromatic N) is 1. The van der Waals surface area contributed by atoms with Gasteiger partial charge in [-0.05, 0) is 24.1 Å². The van der Waals surface area contributed by atoms with Crippen molar-refractivity contribution in [2.45, 2.75) is 13.3 Å². The third-order valence-corrected chi connectivity index (χ3v) is 2.28.